The van der Waals surface area contributed by atoms with Crippen molar-refractivity contribution in [3.63, 3.8) is 0 Å². The fourth-order valence-electron chi connectivity index (χ4n) is 2.72. The quantitative estimate of drug-likeness (QED) is 0.867. The molecule has 20 heavy (non-hydrogen) atoms. The van der Waals surface area contributed by atoms with Crippen LogP contribution >= 0.6 is 0 Å². The van der Waals surface area contributed by atoms with Gasteiger partial charge in [-0.1, -0.05) is 12.1 Å². The van der Waals surface area contributed by atoms with Gasteiger partial charge in [0.05, 0.1) is 12.7 Å². The molecule has 2 fully saturated rings. The van der Waals surface area contributed by atoms with Gasteiger partial charge < -0.3 is 19.7 Å². The summed E-state index contributed by atoms with van der Waals surface area (Å²) in [4.78, 5) is 6.78. The Bertz CT molecular complexity index is 439. The number of ether oxygens (including phenoxy) is 2. The van der Waals surface area contributed by atoms with Crippen molar-refractivity contribution in [2.24, 2.45) is 5.73 Å². The monoisotopic (exact) mass is 282 g/mol. The van der Waals surface area contributed by atoms with E-state index in [0.717, 1.165) is 32.5 Å². The average Bonchev–Trinajstić information content (AvgIpc) is 3.15. The minimum absolute atomic E-state index is 0.104. The third-order valence-corrected chi connectivity index (χ3v) is 3.99. The molecule has 7 nitrogen and oxygen atoms in total. The standard InChI is InChI=1S/C13H22N4O3/c1-2-17-5-6-18-11(8-17)12-15-13(20-16-12)10-4-3-9(7-14)19-10/h9-11H,2-8,14H2,1H3. The molecule has 2 N–H and O–H groups in total. The van der Waals surface area contributed by atoms with Gasteiger partial charge in [-0.25, -0.2) is 0 Å². The van der Waals surface area contributed by atoms with Crippen molar-refractivity contribution in [1.29, 1.82) is 0 Å². The number of hydrogen-bond acceptors (Lipinski definition) is 7. The number of hydrogen-bond donors (Lipinski definition) is 1. The van der Waals surface area contributed by atoms with Crippen molar-refractivity contribution in [1.82, 2.24) is 15.0 Å². The molecule has 1 aromatic heterocycles. The van der Waals surface area contributed by atoms with Crippen molar-refractivity contribution >= 4 is 0 Å². The number of morpholine rings is 1. The van der Waals surface area contributed by atoms with Gasteiger partial charge in [-0.2, -0.15) is 4.98 Å². The molecule has 0 aliphatic carbocycles. The SMILES string of the molecule is CCN1CCOC(c2noc(C3CCC(CN)O3)n2)C1. The molecular formula is C13H22N4O3. The molecule has 0 saturated carbocycles. The lowest BCUT2D eigenvalue weighted by molar-refractivity contribution is -0.0334. The van der Waals surface area contributed by atoms with Crippen LogP contribution in [0, 0.1) is 0 Å². The van der Waals surface area contributed by atoms with Crippen LogP contribution in [-0.4, -0.2) is 53.9 Å². The highest BCUT2D eigenvalue weighted by Gasteiger charge is 2.32. The minimum atomic E-state index is -0.115. The molecule has 0 bridgehead atoms. The fourth-order valence-corrected chi connectivity index (χ4v) is 2.72. The minimum Gasteiger partial charge on any atom is -0.367 e. The van der Waals surface area contributed by atoms with Crippen LogP contribution < -0.4 is 5.73 Å². The number of nitrogens with zero attached hydrogens (tertiary/aromatic N) is 3. The molecule has 2 saturated heterocycles. The van der Waals surface area contributed by atoms with Gasteiger partial charge in [-0.05, 0) is 19.4 Å². The smallest absolute Gasteiger partial charge is 0.255 e. The van der Waals surface area contributed by atoms with Crippen LogP contribution in [0.15, 0.2) is 4.52 Å². The van der Waals surface area contributed by atoms with Crippen molar-refractivity contribution in [2.45, 2.75) is 38.1 Å². The molecule has 2 aliphatic heterocycles. The Labute approximate surface area is 118 Å². The maximum absolute atomic E-state index is 5.77. The van der Waals surface area contributed by atoms with Gasteiger partial charge in [-0.15, -0.1) is 0 Å². The Morgan fingerprint density at radius 1 is 1.35 bits per heavy atom. The van der Waals surface area contributed by atoms with Crippen molar-refractivity contribution in [3.05, 3.63) is 11.7 Å². The van der Waals surface area contributed by atoms with Crippen molar-refractivity contribution in [3.8, 4) is 0 Å². The van der Waals surface area contributed by atoms with E-state index in [9.17, 15) is 0 Å². The zero-order chi connectivity index (χ0) is 13.9. The summed E-state index contributed by atoms with van der Waals surface area (Å²) in [5.41, 5.74) is 5.61. The second-order valence-corrected chi connectivity index (χ2v) is 5.30. The molecule has 0 amide bonds. The largest absolute Gasteiger partial charge is 0.367 e. The number of rotatable bonds is 4. The maximum atomic E-state index is 5.77. The van der Waals surface area contributed by atoms with Gasteiger partial charge in [0.2, 0.25) is 5.82 Å². The van der Waals surface area contributed by atoms with Gasteiger partial charge >= 0.3 is 0 Å². The zero-order valence-corrected chi connectivity index (χ0v) is 11.8. The summed E-state index contributed by atoms with van der Waals surface area (Å²) in [7, 11) is 0. The topological polar surface area (TPSA) is 86.6 Å². The van der Waals surface area contributed by atoms with E-state index >= 15 is 0 Å². The average molecular weight is 282 g/mol. The van der Waals surface area contributed by atoms with Crippen molar-refractivity contribution < 1.29 is 14.0 Å². The fraction of sp³-hybridized carbons (Fsp3) is 0.846. The third kappa shape index (κ3) is 2.85. The first-order valence-corrected chi connectivity index (χ1v) is 7.33. The molecule has 2 aliphatic rings. The number of nitrogens with two attached hydrogens (primary N) is 1. The first-order valence-electron chi connectivity index (χ1n) is 7.33. The van der Waals surface area contributed by atoms with Gasteiger partial charge in [0, 0.05) is 19.6 Å². The summed E-state index contributed by atoms with van der Waals surface area (Å²) < 4.78 is 16.8. The van der Waals surface area contributed by atoms with E-state index < -0.39 is 0 Å². The van der Waals surface area contributed by atoms with Crippen LogP contribution in [0.3, 0.4) is 0 Å². The van der Waals surface area contributed by atoms with E-state index in [1.54, 1.807) is 0 Å². The van der Waals surface area contributed by atoms with Crippen LogP contribution in [-0.2, 0) is 9.47 Å². The Balaban J connectivity index is 1.64. The lowest BCUT2D eigenvalue weighted by atomic mass is 10.2. The summed E-state index contributed by atoms with van der Waals surface area (Å²) in [6.45, 7) is 6.16. The zero-order valence-electron chi connectivity index (χ0n) is 11.8. The van der Waals surface area contributed by atoms with Crippen LogP contribution in [0.1, 0.15) is 43.7 Å². The van der Waals surface area contributed by atoms with Crippen LogP contribution in [0.2, 0.25) is 0 Å². The first kappa shape index (κ1) is 13.9. The van der Waals surface area contributed by atoms with Gasteiger partial charge in [0.15, 0.2) is 0 Å². The summed E-state index contributed by atoms with van der Waals surface area (Å²) in [6.07, 6.45) is 1.72. The highest BCUT2D eigenvalue weighted by atomic mass is 16.5. The van der Waals surface area contributed by atoms with Crippen LogP contribution in [0.25, 0.3) is 0 Å². The van der Waals surface area contributed by atoms with Gasteiger partial charge in [0.1, 0.15) is 12.2 Å². The van der Waals surface area contributed by atoms with E-state index in [1.165, 1.54) is 0 Å². The predicted octanol–water partition coefficient (Wildman–Crippen LogP) is 0.642. The lowest BCUT2D eigenvalue weighted by Gasteiger charge is -2.30. The lowest BCUT2D eigenvalue weighted by Crippen LogP contribution is -2.38. The Morgan fingerprint density at radius 3 is 3.00 bits per heavy atom. The van der Waals surface area contributed by atoms with E-state index in [-0.39, 0.29) is 18.3 Å². The molecule has 3 unspecified atom stereocenters. The van der Waals surface area contributed by atoms with Crippen LogP contribution in [0.5, 0.6) is 0 Å². The Morgan fingerprint density at radius 2 is 2.25 bits per heavy atom. The summed E-state index contributed by atoms with van der Waals surface area (Å²) in [5, 5.41) is 4.06. The summed E-state index contributed by atoms with van der Waals surface area (Å²) in [6, 6.07) is 0. The second kappa shape index (κ2) is 6.17. The highest BCUT2D eigenvalue weighted by molar-refractivity contribution is 4.98. The molecule has 112 valence electrons. The van der Waals surface area contributed by atoms with E-state index in [0.29, 0.717) is 24.9 Å². The Kier molecular flexibility index (Phi) is 4.30. The van der Waals surface area contributed by atoms with E-state index in [4.69, 9.17) is 19.7 Å². The molecule has 3 heterocycles. The first-order chi connectivity index (χ1) is 9.80. The maximum Gasteiger partial charge on any atom is 0.255 e. The van der Waals surface area contributed by atoms with Gasteiger partial charge in [-0.3, -0.25) is 4.90 Å². The molecule has 0 radical (unpaired) electrons. The second-order valence-electron chi connectivity index (χ2n) is 5.30. The Hall–Kier alpha value is -1.02. The normalized spacial score (nSPS) is 31.8. The predicted molar refractivity (Wildman–Crippen MR) is 71.0 cm³/mol. The molecule has 1 aromatic rings. The molecular weight excluding hydrogens is 260 g/mol. The van der Waals surface area contributed by atoms with Crippen LogP contribution in [0.4, 0.5) is 0 Å². The van der Waals surface area contributed by atoms with E-state index in [2.05, 4.69) is 22.0 Å². The van der Waals surface area contributed by atoms with E-state index in [1.807, 2.05) is 0 Å². The summed E-state index contributed by atoms with van der Waals surface area (Å²) >= 11 is 0. The molecule has 7 heteroatoms. The highest BCUT2D eigenvalue weighted by Crippen LogP contribution is 2.32. The molecule has 3 rings (SSSR count). The molecule has 3 atom stereocenters. The van der Waals surface area contributed by atoms with Gasteiger partial charge in [0.25, 0.3) is 5.89 Å². The third-order valence-electron chi connectivity index (χ3n) is 3.99. The summed E-state index contributed by atoms with van der Waals surface area (Å²) in [5.74, 6) is 1.17. The number of likely N-dealkylation sites (N-methyl/N-ethyl adjacent to an activating group) is 1. The molecule has 0 spiro atoms. The molecule has 0 aromatic carbocycles. The number of aromatic nitrogens is 2. The van der Waals surface area contributed by atoms with Crippen molar-refractivity contribution in [2.75, 3.05) is 32.8 Å².